The normalized spacial score (nSPS) is 13.8. The van der Waals surface area contributed by atoms with Crippen LogP contribution in [0.1, 0.15) is 0 Å². The molecule has 0 aliphatic rings. The largest absolute Gasteiger partial charge is 0.416 e. The molecule has 90 valence electrons. The average Bonchev–Trinajstić information content (AvgIpc) is 2.45. The molecule has 0 amide bonds. The summed E-state index contributed by atoms with van der Waals surface area (Å²) in [6.45, 7) is -0.893. The molecule has 1 aromatic heterocycles. The van der Waals surface area contributed by atoms with E-state index >= 15 is 0 Å². The molecule has 0 fully saturated rings. The van der Waals surface area contributed by atoms with Crippen LogP contribution in [0.5, 0.6) is 0 Å². The summed E-state index contributed by atoms with van der Waals surface area (Å²) in [5, 5.41) is 22.3. The fraction of sp³-hybridized carbons (Fsp3) is 0.500. The van der Waals surface area contributed by atoms with Crippen molar-refractivity contribution < 1.29 is 23.2 Å². The summed E-state index contributed by atoms with van der Waals surface area (Å²) < 4.78 is 36.5. The predicted octanol–water partition coefficient (Wildman–Crippen LogP) is 1.48. The number of rotatable bonds is 3. The Hall–Kier alpha value is -1.16. The van der Waals surface area contributed by atoms with Crippen LogP contribution in [-0.2, 0) is 6.54 Å². The van der Waals surface area contributed by atoms with Gasteiger partial charge in [-0.1, -0.05) is 0 Å². The summed E-state index contributed by atoms with van der Waals surface area (Å²) in [6, 6.07) is 0. The third-order valence-electron chi connectivity index (χ3n) is 1.61. The van der Waals surface area contributed by atoms with Crippen LogP contribution < -0.4 is 0 Å². The number of aliphatic hydroxyl groups is 1. The topological polar surface area (TPSA) is 81.2 Å². The van der Waals surface area contributed by atoms with E-state index in [0.717, 1.165) is 6.20 Å². The fourth-order valence-corrected chi connectivity index (χ4v) is 1.35. The number of aromatic nitrogens is 2. The van der Waals surface area contributed by atoms with Crippen LogP contribution in [0.15, 0.2) is 10.7 Å². The van der Waals surface area contributed by atoms with Crippen molar-refractivity contribution in [2.24, 2.45) is 0 Å². The van der Waals surface area contributed by atoms with Crippen LogP contribution in [0, 0.1) is 10.1 Å². The second-order valence-electron chi connectivity index (χ2n) is 2.84. The predicted molar refractivity (Wildman–Crippen MR) is 48.6 cm³/mol. The molecule has 0 aliphatic heterocycles. The molecule has 10 heteroatoms. The minimum atomic E-state index is -4.78. The Morgan fingerprint density at radius 1 is 1.69 bits per heavy atom. The van der Waals surface area contributed by atoms with Gasteiger partial charge >= 0.3 is 12.0 Å². The molecule has 1 heterocycles. The van der Waals surface area contributed by atoms with Gasteiger partial charge in [-0.2, -0.15) is 17.9 Å². The minimum Gasteiger partial charge on any atom is -0.382 e. The zero-order valence-corrected chi connectivity index (χ0v) is 9.07. The van der Waals surface area contributed by atoms with E-state index in [9.17, 15) is 23.3 Å². The highest BCUT2D eigenvalue weighted by molar-refractivity contribution is 9.10. The van der Waals surface area contributed by atoms with Crippen molar-refractivity contribution in [3.63, 3.8) is 0 Å². The van der Waals surface area contributed by atoms with Gasteiger partial charge in [-0.3, -0.25) is 0 Å². The van der Waals surface area contributed by atoms with E-state index < -0.39 is 29.6 Å². The zero-order chi connectivity index (χ0) is 12.5. The van der Waals surface area contributed by atoms with Gasteiger partial charge in [0.05, 0.1) is 17.8 Å². The van der Waals surface area contributed by atoms with Crippen LogP contribution in [-0.4, -0.2) is 32.1 Å². The Morgan fingerprint density at radius 2 is 2.25 bits per heavy atom. The Labute approximate surface area is 94.9 Å². The molecule has 1 unspecified atom stereocenters. The summed E-state index contributed by atoms with van der Waals surface area (Å²) in [5.74, 6) is -0.602. The first-order valence-electron chi connectivity index (χ1n) is 3.84. The molecule has 1 atom stereocenters. The van der Waals surface area contributed by atoms with E-state index in [1.54, 1.807) is 0 Å². The molecule has 0 saturated carbocycles. The number of nitro groups is 1. The molecule has 0 radical (unpaired) electrons. The smallest absolute Gasteiger partial charge is 0.382 e. The Morgan fingerprint density at radius 3 is 2.62 bits per heavy atom. The number of halogens is 4. The van der Waals surface area contributed by atoms with Crippen molar-refractivity contribution in [1.82, 2.24) is 9.78 Å². The Kier molecular flexibility index (Phi) is 3.53. The summed E-state index contributed by atoms with van der Waals surface area (Å²) in [6.07, 6.45) is -6.40. The van der Waals surface area contributed by atoms with Gasteiger partial charge in [0, 0.05) is 0 Å². The standard InChI is InChI=1S/C6H5BrF3N3O3/c7-3-1-12(11-5(3)13(15)16)2-4(14)6(8,9)10/h1,4,14H,2H2. The number of alkyl halides is 3. The van der Waals surface area contributed by atoms with Crippen molar-refractivity contribution in [3.05, 3.63) is 20.8 Å². The second-order valence-corrected chi connectivity index (χ2v) is 3.69. The van der Waals surface area contributed by atoms with Gasteiger partial charge in [0.25, 0.3) is 0 Å². The van der Waals surface area contributed by atoms with Crippen LogP contribution in [0.25, 0.3) is 0 Å². The molecule has 6 nitrogen and oxygen atoms in total. The van der Waals surface area contributed by atoms with Gasteiger partial charge in [0.15, 0.2) is 6.10 Å². The molecule has 16 heavy (non-hydrogen) atoms. The average molecular weight is 304 g/mol. The first kappa shape index (κ1) is 12.9. The molecular formula is C6H5BrF3N3O3. The van der Waals surface area contributed by atoms with E-state index in [1.807, 2.05) is 0 Å². The van der Waals surface area contributed by atoms with Crippen molar-refractivity contribution in [2.45, 2.75) is 18.8 Å². The molecule has 0 aliphatic carbocycles. The van der Waals surface area contributed by atoms with E-state index in [2.05, 4.69) is 21.0 Å². The zero-order valence-electron chi connectivity index (χ0n) is 7.48. The number of hydrogen-bond acceptors (Lipinski definition) is 4. The first-order valence-corrected chi connectivity index (χ1v) is 4.63. The highest BCUT2D eigenvalue weighted by atomic mass is 79.9. The summed E-state index contributed by atoms with van der Waals surface area (Å²) in [5.41, 5.74) is 0. The van der Waals surface area contributed by atoms with Crippen molar-refractivity contribution in [2.75, 3.05) is 0 Å². The lowest BCUT2D eigenvalue weighted by Crippen LogP contribution is -2.32. The lowest BCUT2D eigenvalue weighted by atomic mass is 10.3. The van der Waals surface area contributed by atoms with Gasteiger partial charge in [-0.15, -0.1) is 0 Å². The highest BCUT2D eigenvalue weighted by Gasteiger charge is 2.39. The van der Waals surface area contributed by atoms with Crippen molar-refractivity contribution >= 4 is 21.7 Å². The van der Waals surface area contributed by atoms with Crippen LogP contribution in [0.4, 0.5) is 19.0 Å². The van der Waals surface area contributed by atoms with Gasteiger partial charge in [-0.25, -0.2) is 0 Å². The van der Waals surface area contributed by atoms with E-state index in [0.29, 0.717) is 4.68 Å². The Balaban J connectivity index is 2.84. The third-order valence-corrected chi connectivity index (χ3v) is 2.17. The fourth-order valence-electron chi connectivity index (χ4n) is 0.885. The molecule has 0 spiro atoms. The number of nitrogens with zero attached hydrogens (tertiary/aromatic N) is 3. The second kappa shape index (κ2) is 4.37. The number of hydrogen-bond donors (Lipinski definition) is 1. The van der Waals surface area contributed by atoms with E-state index in [1.165, 1.54) is 0 Å². The monoisotopic (exact) mass is 303 g/mol. The van der Waals surface area contributed by atoms with Gasteiger partial charge in [0.1, 0.15) is 4.47 Å². The molecule has 1 aromatic rings. The number of aliphatic hydroxyl groups excluding tert-OH is 1. The van der Waals surface area contributed by atoms with E-state index in [4.69, 9.17) is 5.11 Å². The molecule has 0 saturated heterocycles. The van der Waals surface area contributed by atoms with Crippen LogP contribution in [0.3, 0.4) is 0 Å². The highest BCUT2D eigenvalue weighted by Crippen LogP contribution is 2.25. The Bertz CT molecular complexity index is 405. The SMILES string of the molecule is O=[N+]([O-])c1nn(CC(O)C(F)(F)F)cc1Br. The van der Waals surface area contributed by atoms with Crippen molar-refractivity contribution in [3.8, 4) is 0 Å². The molecule has 1 rings (SSSR count). The maximum Gasteiger partial charge on any atom is 0.416 e. The van der Waals surface area contributed by atoms with Gasteiger partial charge in [-0.05, 0) is 20.9 Å². The summed E-state index contributed by atoms with van der Waals surface area (Å²) >= 11 is 2.77. The lowest BCUT2D eigenvalue weighted by molar-refractivity contribution is -0.390. The van der Waals surface area contributed by atoms with Crippen LogP contribution >= 0.6 is 15.9 Å². The first-order chi connectivity index (χ1) is 7.21. The molecule has 0 bridgehead atoms. The van der Waals surface area contributed by atoms with Gasteiger partial charge < -0.3 is 15.2 Å². The van der Waals surface area contributed by atoms with Gasteiger partial charge in [0.2, 0.25) is 0 Å². The third kappa shape index (κ3) is 2.92. The lowest BCUT2D eigenvalue weighted by Gasteiger charge is -2.12. The quantitative estimate of drug-likeness (QED) is 0.677. The maximum absolute atomic E-state index is 12.0. The molecule has 1 N–H and O–H groups in total. The summed E-state index contributed by atoms with van der Waals surface area (Å²) in [4.78, 5) is 9.49. The summed E-state index contributed by atoms with van der Waals surface area (Å²) in [7, 11) is 0. The van der Waals surface area contributed by atoms with E-state index in [-0.39, 0.29) is 4.47 Å². The maximum atomic E-state index is 12.0. The molecular weight excluding hydrogens is 299 g/mol. The van der Waals surface area contributed by atoms with Crippen molar-refractivity contribution in [1.29, 1.82) is 0 Å². The molecule has 0 aromatic carbocycles. The van der Waals surface area contributed by atoms with Crippen LogP contribution in [0.2, 0.25) is 0 Å². The minimum absolute atomic E-state index is 0.0492.